The van der Waals surface area contributed by atoms with E-state index >= 15 is 0 Å². The van der Waals surface area contributed by atoms with Crippen LogP contribution in [0, 0.1) is 12.7 Å². The van der Waals surface area contributed by atoms with Crippen LogP contribution in [-0.2, 0) is 6.54 Å². The average Bonchev–Trinajstić information content (AvgIpc) is 2.83. The van der Waals surface area contributed by atoms with E-state index in [-0.39, 0.29) is 11.9 Å². The van der Waals surface area contributed by atoms with E-state index in [1.807, 2.05) is 37.0 Å². The molecule has 0 radical (unpaired) electrons. The summed E-state index contributed by atoms with van der Waals surface area (Å²) in [5.74, 6) is -0.184. The maximum Gasteiger partial charge on any atom is 0.128 e. The van der Waals surface area contributed by atoms with Gasteiger partial charge in [0.2, 0.25) is 0 Å². The van der Waals surface area contributed by atoms with E-state index in [0.29, 0.717) is 5.56 Å². The molecule has 0 aliphatic heterocycles. The van der Waals surface area contributed by atoms with Crippen molar-refractivity contribution in [3.8, 4) is 0 Å². The third kappa shape index (κ3) is 2.53. The van der Waals surface area contributed by atoms with Crippen LogP contribution in [0.4, 0.5) is 10.1 Å². The van der Waals surface area contributed by atoms with Gasteiger partial charge in [-0.1, -0.05) is 6.07 Å². The SMILES string of the molecule is CCn1cc(C(C)Nc2cccc(F)c2C)cn1. The maximum absolute atomic E-state index is 13.4. The average molecular weight is 247 g/mol. The van der Waals surface area contributed by atoms with Gasteiger partial charge in [0, 0.05) is 29.6 Å². The van der Waals surface area contributed by atoms with Crippen molar-refractivity contribution in [2.75, 3.05) is 5.32 Å². The number of halogens is 1. The molecule has 0 aliphatic rings. The molecule has 1 unspecified atom stereocenters. The highest BCUT2D eigenvalue weighted by atomic mass is 19.1. The quantitative estimate of drug-likeness (QED) is 0.895. The smallest absolute Gasteiger partial charge is 0.128 e. The Bertz CT molecular complexity index is 534. The lowest BCUT2D eigenvalue weighted by atomic mass is 10.1. The Balaban J connectivity index is 2.15. The van der Waals surface area contributed by atoms with Crippen LogP contribution in [0.25, 0.3) is 0 Å². The highest BCUT2D eigenvalue weighted by Crippen LogP contribution is 2.23. The minimum Gasteiger partial charge on any atom is -0.378 e. The minimum atomic E-state index is -0.184. The van der Waals surface area contributed by atoms with Gasteiger partial charge in [-0.3, -0.25) is 4.68 Å². The van der Waals surface area contributed by atoms with Gasteiger partial charge in [-0.25, -0.2) is 4.39 Å². The van der Waals surface area contributed by atoms with Crippen LogP contribution < -0.4 is 5.32 Å². The molecule has 0 saturated carbocycles. The predicted octanol–water partition coefficient (Wildman–Crippen LogP) is 3.52. The van der Waals surface area contributed by atoms with E-state index < -0.39 is 0 Å². The van der Waals surface area contributed by atoms with Crippen LogP contribution in [0.5, 0.6) is 0 Å². The van der Waals surface area contributed by atoms with Crippen molar-refractivity contribution >= 4 is 5.69 Å². The van der Waals surface area contributed by atoms with E-state index in [1.165, 1.54) is 6.07 Å². The summed E-state index contributed by atoms with van der Waals surface area (Å²) in [5.41, 5.74) is 2.57. The molecule has 1 aromatic carbocycles. The van der Waals surface area contributed by atoms with Gasteiger partial charge >= 0.3 is 0 Å². The first-order valence-corrected chi connectivity index (χ1v) is 6.15. The Labute approximate surface area is 107 Å². The zero-order valence-electron chi connectivity index (χ0n) is 10.9. The normalized spacial score (nSPS) is 12.4. The fourth-order valence-electron chi connectivity index (χ4n) is 1.86. The highest BCUT2D eigenvalue weighted by Gasteiger charge is 2.10. The number of aryl methyl sites for hydroxylation is 1. The molecule has 3 nitrogen and oxygen atoms in total. The number of benzene rings is 1. The maximum atomic E-state index is 13.4. The predicted molar refractivity (Wildman–Crippen MR) is 71.1 cm³/mol. The van der Waals surface area contributed by atoms with E-state index in [1.54, 1.807) is 13.0 Å². The van der Waals surface area contributed by atoms with Gasteiger partial charge in [-0.2, -0.15) is 5.10 Å². The number of hydrogen-bond donors (Lipinski definition) is 1. The molecule has 4 heteroatoms. The van der Waals surface area contributed by atoms with Crippen molar-refractivity contribution in [1.29, 1.82) is 0 Å². The molecule has 0 bridgehead atoms. The molecule has 0 fully saturated rings. The molecule has 2 aromatic rings. The lowest BCUT2D eigenvalue weighted by Crippen LogP contribution is -2.07. The largest absolute Gasteiger partial charge is 0.378 e. The molecule has 1 atom stereocenters. The summed E-state index contributed by atoms with van der Waals surface area (Å²) < 4.78 is 15.3. The molecule has 0 amide bonds. The zero-order chi connectivity index (χ0) is 13.1. The van der Waals surface area contributed by atoms with Crippen LogP contribution in [0.2, 0.25) is 0 Å². The second-order valence-electron chi connectivity index (χ2n) is 4.41. The molecule has 1 N–H and O–H groups in total. The van der Waals surface area contributed by atoms with Gasteiger partial charge in [0.15, 0.2) is 0 Å². The number of nitrogens with zero attached hydrogens (tertiary/aromatic N) is 2. The summed E-state index contributed by atoms with van der Waals surface area (Å²) in [4.78, 5) is 0. The van der Waals surface area contributed by atoms with Crippen molar-refractivity contribution in [2.24, 2.45) is 0 Å². The van der Waals surface area contributed by atoms with E-state index in [0.717, 1.165) is 17.8 Å². The molecule has 0 saturated heterocycles. The second-order valence-corrected chi connectivity index (χ2v) is 4.41. The van der Waals surface area contributed by atoms with Crippen molar-refractivity contribution < 1.29 is 4.39 Å². The lowest BCUT2D eigenvalue weighted by molar-refractivity contribution is 0.618. The molecule has 1 aromatic heterocycles. The fraction of sp³-hybridized carbons (Fsp3) is 0.357. The minimum absolute atomic E-state index is 0.103. The van der Waals surface area contributed by atoms with Gasteiger partial charge in [0.05, 0.1) is 12.2 Å². The van der Waals surface area contributed by atoms with Crippen LogP contribution in [0.1, 0.15) is 31.0 Å². The zero-order valence-corrected chi connectivity index (χ0v) is 10.9. The Hall–Kier alpha value is -1.84. The monoisotopic (exact) mass is 247 g/mol. The summed E-state index contributed by atoms with van der Waals surface area (Å²) in [7, 11) is 0. The molecule has 18 heavy (non-hydrogen) atoms. The van der Waals surface area contributed by atoms with Crippen LogP contribution in [-0.4, -0.2) is 9.78 Å². The Morgan fingerprint density at radius 2 is 2.22 bits per heavy atom. The van der Waals surface area contributed by atoms with Gasteiger partial charge < -0.3 is 5.32 Å². The fourth-order valence-corrected chi connectivity index (χ4v) is 1.86. The number of aromatic nitrogens is 2. The molecular weight excluding hydrogens is 229 g/mol. The van der Waals surface area contributed by atoms with E-state index in [2.05, 4.69) is 10.4 Å². The van der Waals surface area contributed by atoms with Crippen LogP contribution in [0.15, 0.2) is 30.6 Å². The van der Waals surface area contributed by atoms with Gasteiger partial charge in [-0.15, -0.1) is 0 Å². The summed E-state index contributed by atoms with van der Waals surface area (Å²) >= 11 is 0. The molecular formula is C14H18FN3. The summed E-state index contributed by atoms with van der Waals surface area (Å²) in [6.45, 7) is 6.72. The lowest BCUT2D eigenvalue weighted by Gasteiger charge is -2.15. The second kappa shape index (κ2) is 5.21. The molecule has 0 spiro atoms. The topological polar surface area (TPSA) is 29.9 Å². The molecule has 96 valence electrons. The van der Waals surface area contributed by atoms with Crippen molar-refractivity contribution in [3.05, 3.63) is 47.5 Å². The standard InChI is InChI=1S/C14H18FN3/c1-4-18-9-12(8-16-18)11(3)17-14-7-5-6-13(15)10(14)2/h5-9,11,17H,4H2,1-3H3. The molecule has 1 heterocycles. The van der Waals surface area contributed by atoms with E-state index in [9.17, 15) is 4.39 Å². The highest BCUT2D eigenvalue weighted by molar-refractivity contribution is 5.52. The number of anilines is 1. The number of rotatable bonds is 4. The summed E-state index contributed by atoms with van der Waals surface area (Å²) in [6.07, 6.45) is 3.85. The van der Waals surface area contributed by atoms with Gasteiger partial charge in [0.1, 0.15) is 5.82 Å². The molecule has 2 rings (SSSR count). The first-order valence-electron chi connectivity index (χ1n) is 6.15. The van der Waals surface area contributed by atoms with Crippen LogP contribution >= 0.6 is 0 Å². The van der Waals surface area contributed by atoms with E-state index in [4.69, 9.17) is 0 Å². The van der Waals surface area contributed by atoms with Gasteiger partial charge in [0.25, 0.3) is 0 Å². The van der Waals surface area contributed by atoms with Crippen LogP contribution in [0.3, 0.4) is 0 Å². The van der Waals surface area contributed by atoms with Crippen molar-refractivity contribution in [3.63, 3.8) is 0 Å². The van der Waals surface area contributed by atoms with Gasteiger partial charge in [-0.05, 0) is 32.9 Å². The molecule has 0 aliphatic carbocycles. The number of hydrogen-bond acceptors (Lipinski definition) is 2. The Morgan fingerprint density at radius 3 is 2.89 bits per heavy atom. The van der Waals surface area contributed by atoms with Crippen molar-refractivity contribution in [1.82, 2.24) is 9.78 Å². The van der Waals surface area contributed by atoms with Crippen molar-refractivity contribution in [2.45, 2.75) is 33.4 Å². The Kier molecular flexibility index (Phi) is 3.65. The summed E-state index contributed by atoms with van der Waals surface area (Å²) in [6, 6.07) is 5.18. The first kappa shape index (κ1) is 12.6. The summed E-state index contributed by atoms with van der Waals surface area (Å²) in [5, 5.41) is 7.55. The third-order valence-electron chi connectivity index (χ3n) is 3.12. The number of nitrogens with one attached hydrogen (secondary N) is 1. The Morgan fingerprint density at radius 1 is 1.44 bits per heavy atom. The first-order chi connectivity index (χ1) is 8.61. The third-order valence-corrected chi connectivity index (χ3v) is 3.12.